The molecule has 0 bridgehead atoms. The molecule has 5 nitrogen and oxygen atoms in total. The van der Waals surface area contributed by atoms with Crippen molar-refractivity contribution in [1.82, 2.24) is 9.29 Å². The molecule has 0 saturated heterocycles. The van der Waals surface area contributed by atoms with Crippen molar-refractivity contribution in [2.45, 2.75) is 25.3 Å². The summed E-state index contributed by atoms with van der Waals surface area (Å²) in [7, 11) is 3.32. The van der Waals surface area contributed by atoms with Crippen LogP contribution in [0.25, 0.3) is 10.9 Å². The molecular weight excluding hydrogens is 372 g/mol. The van der Waals surface area contributed by atoms with Crippen LogP contribution in [0.3, 0.4) is 0 Å². The van der Waals surface area contributed by atoms with Crippen LogP contribution in [-0.4, -0.2) is 40.9 Å². The zero-order valence-corrected chi connectivity index (χ0v) is 17.3. The molecule has 2 aromatic carbocycles. The first-order valence-electron chi connectivity index (χ1n) is 9.52. The van der Waals surface area contributed by atoms with Crippen LogP contribution < -0.4 is 9.47 Å². The summed E-state index contributed by atoms with van der Waals surface area (Å²) in [5, 5.41) is 1.26. The maximum atomic E-state index is 12.4. The van der Waals surface area contributed by atoms with Gasteiger partial charge in [-0.1, -0.05) is 18.2 Å². The summed E-state index contributed by atoms with van der Waals surface area (Å²) in [5.41, 5.74) is 4.90. The molecule has 2 atom stereocenters. The number of benzene rings is 2. The predicted octanol–water partition coefficient (Wildman–Crippen LogP) is 4.01. The molecule has 28 heavy (non-hydrogen) atoms. The van der Waals surface area contributed by atoms with Crippen LogP contribution in [0.2, 0.25) is 0 Å². The molecule has 148 valence electrons. The molecule has 1 N–H and O–H groups in total. The molecule has 2 heterocycles. The number of aromatic nitrogens is 1. The Balaban J connectivity index is 1.67. The number of fused-ring (bicyclic) bond motifs is 2. The summed E-state index contributed by atoms with van der Waals surface area (Å²) < 4.78 is 25.6. The first kappa shape index (κ1) is 19.2. The lowest BCUT2D eigenvalue weighted by atomic mass is 9.90. The van der Waals surface area contributed by atoms with Crippen molar-refractivity contribution in [3.05, 3.63) is 59.3 Å². The van der Waals surface area contributed by atoms with Crippen molar-refractivity contribution >= 4 is 22.3 Å². The Hall–Kier alpha value is -2.15. The molecule has 0 spiro atoms. The zero-order chi connectivity index (χ0) is 19.7. The monoisotopic (exact) mass is 398 g/mol. The minimum absolute atomic E-state index is 0.0862. The molecular formula is C22H26N2O3S. The molecule has 1 aromatic heterocycles. The number of aromatic amines is 1. The van der Waals surface area contributed by atoms with Crippen molar-refractivity contribution in [3.63, 3.8) is 0 Å². The summed E-state index contributed by atoms with van der Waals surface area (Å²) in [5.74, 6) is 1.48. The summed E-state index contributed by atoms with van der Waals surface area (Å²) in [6, 6.07) is 12.6. The van der Waals surface area contributed by atoms with Gasteiger partial charge >= 0.3 is 0 Å². The second kappa shape index (κ2) is 8.07. The van der Waals surface area contributed by atoms with Crippen molar-refractivity contribution in [1.29, 1.82) is 0 Å². The normalized spacial score (nSPS) is 18.1. The minimum atomic E-state index is -1.03. The Morgan fingerprint density at radius 1 is 1.18 bits per heavy atom. The van der Waals surface area contributed by atoms with Crippen LogP contribution in [0.1, 0.15) is 29.2 Å². The lowest BCUT2D eigenvalue weighted by Gasteiger charge is -2.36. The van der Waals surface area contributed by atoms with E-state index in [0.717, 1.165) is 42.8 Å². The summed E-state index contributed by atoms with van der Waals surface area (Å²) in [6.45, 7) is 0.782. The minimum Gasteiger partial charge on any atom is -0.598 e. The summed E-state index contributed by atoms with van der Waals surface area (Å²) in [6.07, 6.45) is 6.53. The van der Waals surface area contributed by atoms with Gasteiger partial charge in [-0.15, -0.1) is 4.31 Å². The van der Waals surface area contributed by atoms with Gasteiger partial charge in [0.1, 0.15) is 6.26 Å². The maximum absolute atomic E-state index is 12.4. The molecule has 0 aliphatic carbocycles. The van der Waals surface area contributed by atoms with E-state index in [1.165, 1.54) is 22.1 Å². The van der Waals surface area contributed by atoms with Crippen molar-refractivity contribution < 1.29 is 14.0 Å². The van der Waals surface area contributed by atoms with E-state index in [1.54, 1.807) is 20.5 Å². The Morgan fingerprint density at radius 2 is 1.93 bits per heavy atom. The largest absolute Gasteiger partial charge is 0.598 e. The van der Waals surface area contributed by atoms with Crippen LogP contribution in [0.5, 0.6) is 11.5 Å². The lowest BCUT2D eigenvalue weighted by molar-refractivity contribution is 0.292. The number of para-hydroxylation sites is 1. The SMILES string of the molecule is COc1cc2c(cc1OC)[C@H](CCc1c[nH]c3ccccc13)N([S+](C)[O-])CC2. The number of nitrogens with one attached hydrogen (secondary N) is 1. The van der Waals surface area contributed by atoms with E-state index in [2.05, 4.69) is 45.8 Å². The molecule has 4 rings (SSSR count). The Kier molecular flexibility index (Phi) is 5.53. The number of hydrogen-bond donors (Lipinski definition) is 1. The summed E-state index contributed by atoms with van der Waals surface area (Å²) >= 11 is -1.03. The third-order valence-electron chi connectivity index (χ3n) is 5.65. The molecule has 3 aromatic rings. The van der Waals surface area contributed by atoms with Gasteiger partial charge < -0.3 is 19.0 Å². The second-order valence-corrected chi connectivity index (χ2v) is 8.45. The number of aryl methyl sites for hydroxylation is 1. The third kappa shape index (κ3) is 3.48. The molecule has 1 aliphatic heterocycles. The van der Waals surface area contributed by atoms with Gasteiger partial charge in [0.2, 0.25) is 0 Å². The van der Waals surface area contributed by atoms with Gasteiger partial charge in [-0.2, -0.15) is 0 Å². The van der Waals surface area contributed by atoms with E-state index in [4.69, 9.17) is 9.47 Å². The van der Waals surface area contributed by atoms with Crippen LogP contribution in [0.4, 0.5) is 0 Å². The fourth-order valence-electron chi connectivity index (χ4n) is 4.24. The van der Waals surface area contributed by atoms with E-state index in [-0.39, 0.29) is 6.04 Å². The number of H-pyrrole nitrogens is 1. The quantitative estimate of drug-likeness (QED) is 0.638. The molecule has 0 amide bonds. The van der Waals surface area contributed by atoms with E-state index in [1.807, 2.05) is 6.07 Å². The van der Waals surface area contributed by atoms with Crippen LogP contribution in [0, 0.1) is 0 Å². The molecule has 1 aliphatic rings. The first-order chi connectivity index (χ1) is 13.6. The average molecular weight is 399 g/mol. The number of hydrogen-bond acceptors (Lipinski definition) is 4. The van der Waals surface area contributed by atoms with E-state index in [9.17, 15) is 4.55 Å². The molecule has 0 radical (unpaired) electrons. The summed E-state index contributed by atoms with van der Waals surface area (Å²) in [4.78, 5) is 3.35. The Morgan fingerprint density at radius 3 is 2.68 bits per heavy atom. The highest BCUT2D eigenvalue weighted by atomic mass is 32.2. The lowest BCUT2D eigenvalue weighted by Crippen LogP contribution is -2.39. The van der Waals surface area contributed by atoms with Crippen molar-refractivity contribution in [3.8, 4) is 11.5 Å². The van der Waals surface area contributed by atoms with Gasteiger partial charge in [-0.3, -0.25) is 0 Å². The second-order valence-electron chi connectivity index (χ2n) is 7.13. The zero-order valence-electron chi connectivity index (χ0n) is 16.5. The third-order valence-corrected chi connectivity index (χ3v) is 6.74. The number of methoxy groups -OCH3 is 2. The van der Waals surface area contributed by atoms with Crippen LogP contribution >= 0.6 is 0 Å². The standard InChI is InChI=1S/C22H26N2O3S/c1-26-21-12-15-10-11-24(28(3)25)20(18(15)13-22(21)27-2)9-8-16-14-23-19-7-5-4-6-17(16)19/h4-7,12-14,20,23H,8-11H2,1-3H3/t20-,28?/m0/s1. The van der Waals surface area contributed by atoms with Gasteiger partial charge in [0.05, 0.1) is 20.3 Å². The van der Waals surface area contributed by atoms with Gasteiger partial charge in [-0.25, -0.2) is 0 Å². The van der Waals surface area contributed by atoms with E-state index >= 15 is 0 Å². The highest BCUT2D eigenvalue weighted by Gasteiger charge is 2.34. The number of nitrogens with zero attached hydrogens (tertiary/aromatic N) is 1. The fourth-order valence-corrected chi connectivity index (χ4v) is 5.17. The Labute approximate surface area is 169 Å². The molecule has 1 unspecified atom stereocenters. The topological polar surface area (TPSA) is 60.5 Å². The van der Waals surface area contributed by atoms with Gasteiger partial charge in [0, 0.05) is 35.0 Å². The Bertz CT molecular complexity index is 970. The fraction of sp³-hybridized carbons (Fsp3) is 0.364. The number of rotatable bonds is 6. The smallest absolute Gasteiger partial charge is 0.161 e. The molecule has 0 saturated carbocycles. The van der Waals surface area contributed by atoms with Crippen LogP contribution in [-0.2, 0) is 24.2 Å². The van der Waals surface area contributed by atoms with Gasteiger partial charge in [0.15, 0.2) is 11.5 Å². The van der Waals surface area contributed by atoms with E-state index in [0.29, 0.717) is 0 Å². The van der Waals surface area contributed by atoms with Gasteiger partial charge in [-0.05, 0) is 54.2 Å². The number of ether oxygens (including phenoxy) is 2. The van der Waals surface area contributed by atoms with Crippen molar-refractivity contribution in [2.24, 2.45) is 0 Å². The predicted molar refractivity (Wildman–Crippen MR) is 113 cm³/mol. The maximum Gasteiger partial charge on any atom is 0.161 e. The van der Waals surface area contributed by atoms with Gasteiger partial charge in [0.25, 0.3) is 0 Å². The molecule has 6 heteroatoms. The highest BCUT2D eigenvalue weighted by Crippen LogP contribution is 2.41. The van der Waals surface area contributed by atoms with E-state index < -0.39 is 11.4 Å². The average Bonchev–Trinajstić information content (AvgIpc) is 3.13. The highest BCUT2D eigenvalue weighted by molar-refractivity contribution is 7.88. The first-order valence-corrected chi connectivity index (χ1v) is 11.0. The van der Waals surface area contributed by atoms with Crippen LogP contribution in [0.15, 0.2) is 42.6 Å². The van der Waals surface area contributed by atoms with Crippen molar-refractivity contribution in [2.75, 3.05) is 27.0 Å². The molecule has 0 fully saturated rings.